The average Bonchev–Trinajstić information content (AvgIpc) is 2.17. The molecule has 88 valence electrons. The first-order chi connectivity index (χ1) is 7.11. The number of rotatable bonds is 8. The van der Waals surface area contributed by atoms with Gasteiger partial charge in [0.15, 0.2) is 0 Å². The van der Waals surface area contributed by atoms with Gasteiger partial charge in [-0.1, -0.05) is 12.2 Å². The van der Waals surface area contributed by atoms with E-state index in [0.717, 1.165) is 0 Å². The Balaban J connectivity index is 3.87. The van der Waals surface area contributed by atoms with E-state index in [9.17, 15) is 15.0 Å². The van der Waals surface area contributed by atoms with E-state index in [0.29, 0.717) is 6.29 Å². The van der Waals surface area contributed by atoms with Crippen molar-refractivity contribution in [3.63, 3.8) is 0 Å². The number of aliphatic hydroxyl groups excluding tert-OH is 2. The minimum Gasteiger partial charge on any atom is -0.392 e. The van der Waals surface area contributed by atoms with Crippen LogP contribution < -0.4 is 5.32 Å². The van der Waals surface area contributed by atoms with Gasteiger partial charge in [-0.05, 0) is 13.8 Å². The van der Waals surface area contributed by atoms with Gasteiger partial charge in [0.1, 0.15) is 6.29 Å². The molecule has 0 saturated carbocycles. The molecule has 0 heterocycles. The van der Waals surface area contributed by atoms with Crippen molar-refractivity contribution in [2.75, 3.05) is 6.61 Å². The third-order valence-corrected chi connectivity index (χ3v) is 1.88. The Hall–Kier alpha value is -0.750. The zero-order chi connectivity index (χ0) is 11.7. The summed E-state index contributed by atoms with van der Waals surface area (Å²) in [4.78, 5) is 10.3. The predicted octanol–water partition coefficient (Wildman–Crippen LogP) is -0.217. The number of hydrogen-bond donors (Lipinski definition) is 3. The Bertz CT molecular complexity index is 194. The van der Waals surface area contributed by atoms with Crippen LogP contribution in [0.1, 0.15) is 20.3 Å². The Morgan fingerprint density at radius 1 is 1.47 bits per heavy atom. The third-order valence-electron chi connectivity index (χ3n) is 1.88. The Morgan fingerprint density at radius 2 is 2.13 bits per heavy atom. The van der Waals surface area contributed by atoms with Crippen LogP contribution in [0.25, 0.3) is 0 Å². The molecule has 5 heteroatoms. The predicted molar refractivity (Wildman–Crippen MR) is 56.1 cm³/mol. The van der Waals surface area contributed by atoms with E-state index in [2.05, 4.69) is 5.32 Å². The summed E-state index contributed by atoms with van der Waals surface area (Å²) >= 11 is 0. The van der Waals surface area contributed by atoms with Crippen LogP contribution in [0.4, 0.5) is 0 Å². The molecule has 0 bridgehead atoms. The fourth-order valence-corrected chi connectivity index (χ4v) is 0.982. The maximum Gasteiger partial charge on any atom is 0.214 e. The molecule has 0 aromatic rings. The smallest absolute Gasteiger partial charge is 0.214 e. The number of allylic oxidation sites excluding steroid dienone is 1. The van der Waals surface area contributed by atoms with Crippen molar-refractivity contribution in [1.82, 2.24) is 5.32 Å². The largest absolute Gasteiger partial charge is 0.392 e. The summed E-state index contributed by atoms with van der Waals surface area (Å²) in [6.07, 6.45) is 2.44. The lowest BCUT2D eigenvalue weighted by Gasteiger charge is -2.22. The summed E-state index contributed by atoms with van der Waals surface area (Å²) in [6, 6.07) is -0.497. The van der Waals surface area contributed by atoms with Crippen LogP contribution in [0.2, 0.25) is 0 Å². The van der Waals surface area contributed by atoms with E-state index < -0.39 is 18.6 Å². The highest BCUT2D eigenvalue weighted by Crippen LogP contribution is 1.98. The minimum absolute atomic E-state index is 0.127. The maximum atomic E-state index is 10.3. The van der Waals surface area contributed by atoms with E-state index in [4.69, 9.17) is 4.74 Å². The standard InChI is InChI=1S/C10H19NO4/c1-3-4-7-15-10(14)11-9(5-6-12)8(2)13/h3-4,6,8-11,13-14H,5,7H2,1-2H3/t8?,9-,10?/m1/s1. The Morgan fingerprint density at radius 3 is 2.60 bits per heavy atom. The zero-order valence-corrected chi connectivity index (χ0v) is 9.09. The molecule has 3 N–H and O–H groups in total. The molecule has 0 radical (unpaired) electrons. The average molecular weight is 217 g/mol. The zero-order valence-electron chi connectivity index (χ0n) is 9.09. The van der Waals surface area contributed by atoms with Crippen molar-refractivity contribution in [2.24, 2.45) is 0 Å². The number of carbonyl (C=O) groups excluding carboxylic acids is 1. The summed E-state index contributed by atoms with van der Waals surface area (Å²) < 4.78 is 4.94. The van der Waals surface area contributed by atoms with Crippen molar-refractivity contribution in [3.05, 3.63) is 12.2 Å². The monoisotopic (exact) mass is 217 g/mol. The van der Waals surface area contributed by atoms with Crippen LogP contribution in [-0.2, 0) is 9.53 Å². The molecule has 2 unspecified atom stereocenters. The summed E-state index contributed by atoms with van der Waals surface area (Å²) in [7, 11) is 0. The number of carbonyl (C=O) groups is 1. The van der Waals surface area contributed by atoms with Gasteiger partial charge in [0, 0.05) is 12.5 Å². The molecule has 3 atom stereocenters. The molecule has 0 spiro atoms. The third kappa shape index (κ3) is 7.21. The van der Waals surface area contributed by atoms with Crippen LogP contribution in [0.5, 0.6) is 0 Å². The molecule has 0 aliphatic rings. The van der Waals surface area contributed by atoms with Crippen LogP contribution >= 0.6 is 0 Å². The van der Waals surface area contributed by atoms with E-state index in [-0.39, 0.29) is 13.0 Å². The first-order valence-electron chi connectivity index (χ1n) is 4.90. The molecular formula is C10H19NO4. The van der Waals surface area contributed by atoms with Gasteiger partial charge in [-0.25, -0.2) is 0 Å². The first kappa shape index (κ1) is 14.2. The van der Waals surface area contributed by atoms with Crippen molar-refractivity contribution in [2.45, 2.75) is 38.8 Å². The van der Waals surface area contributed by atoms with Crippen LogP contribution in [0.3, 0.4) is 0 Å². The molecule has 0 fully saturated rings. The molecule has 0 rings (SSSR count). The summed E-state index contributed by atoms with van der Waals surface area (Å²) in [5.41, 5.74) is 0. The van der Waals surface area contributed by atoms with E-state index in [1.807, 2.05) is 6.92 Å². The molecule has 0 aromatic heterocycles. The Labute approximate surface area is 89.7 Å². The normalized spacial score (nSPS) is 17.6. The van der Waals surface area contributed by atoms with Gasteiger partial charge in [0.2, 0.25) is 6.41 Å². The molecule has 15 heavy (non-hydrogen) atoms. The van der Waals surface area contributed by atoms with Gasteiger partial charge in [0.25, 0.3) is 0 Å². The Kier molecular flexibility index (Phi) is 8.12. The molecular weight excluding hydrogens is 198 g/mol. The highest BCUT2D eigenvalue weighted by molar-refractivity contribution is 5.50. The van der Waals surface area contributed by atoms with Gasteiger partial charge in [-0.3, -0.25) is 5.32 Å². The van der Waals surface area contributed by atoms with E-state index >= 15 is 0 Å². The summed E-state index contributed by atoms with van der Waals surface area (Å²) in [6.45, 7) is 3.66. The highest BCUT2D eigenvalue weighted by Gasteiger charge is 2.17. The quantitative estimate of drug-likeness (QED) is 0.298. The lowest BCUT2D eigenvalue weighted by atomic mass is 10.1. The molecule has 0 aliphatic heterocycles. The molecule has 0 aromatic carbocycles. The van der Waals surface area contributed by atoms with E-state index in [1.54, 1.807) is 19.1 Å². The molecule has 0 amide bonds. The lowest BCUT2D eigenvalue weighted by Crippen LogP contribution is -2.45. The number of nitrogens with one attached hydrogen (secondary N) is 1. The summed E-state index contributed by atoms with van der Waals surface area (Å²) in [5.74, 6) is 0. The van der Waals surface area contributed by atoms with Crippen LogP contribution in [-0.4, -0.2) is 41.7 Å². The van der Waals surface area contributed by atoms with Crippen LogP contribution in [0, 0.1) is 0 Å². The summed E-state index contributed by atoms with van der Waals surface area (Å²) in [5, 5.41) is 21.2. The second kappa shape index (κ2) is 8.55. The van der Waals surface area contributed by atoms with Gasteiger partial charge in [-0.2, -0.15) is 0 Å². The van der Waals surface area contributed by atoms with Crippen LogP contribution in [0.15, 0.2) is 12.2 Å². The number of aldehydes is 1. The van der Waals surface area contributed by atoms with Gasteiger partial charge in [-0.15, -0.1) is 0 Å². The lowest BCUT2D eigenvalue weighted by molar-refractivity contribution is -0.126. The van der Waals surface area contributed by atoms with Crippen molar-refractivity contribution in [1.29, 1.82) is 0 Å². The maximum absolute atomic E-state index is 10.3. The molecule has 0 saturated heterocycles. The number of aliphatic hydroxyl groups is 2. The number of hydrogen-bond acceptors (Lipinski definition) is 5. The van der Waals surface area contributed by atoms with Gasteiger partial charge in [0.05, 0.1) is 12.7 Å². The minimum atomic E-state index is -1.18. The fraction of sp³-hybridized carbons (Fsp3) is 0.700. The van der Waals surface area contributed by atoms with Crippen molar-refractivity contribution < 1.29 is 19.7 Å². The second-order valence-corrected chi connectivity index (χ2v) is 3.17. The first-order valence-corrected chi connectivity index (χ1v) is 4.90. The molecule has 0 aliphatic carbocycles. The highest BCUT2D eigenvalue weighted by atomic mass is 16.6. The van der Waals surface area contributed by atoms with Crippen molar-refractivity contribution in [3.8, 4) is 0 Å². The second-order valence-electron chi connectivity index (χ2n) is 3.17. The van der Waals surface area contributed by atoms with Gasteiger partial charge < -0.3 is 19.7 Å². The SMILES string of the molecule is CC=CCOC(O)N[C@H](CC=O)C(C)O. The fourth-order valence-electron chi connectivity index (χ4n) is 0.982. The van der Waals surface area contributed by atoms with Gasteiger partial charge >= 0.3 is 0 Å². The molecule has 5 nitrogen and oxygen atoms in total. The van der Waals surface area contributed by atoms with Crippen molar-refractivity contribution >= 4 is 6.29 Å². The number of ether oxygens (including phenoxy) is 1. The topological polar surface area (TPSA) is 78.8 Å². The van der Waals surface area contributed by atoms with E-state index in [1.165, 1.54) is 0 Å².